The Kier molecular flexibility index (Phi) is 8.12. The molecule has 1 fully saturated rings. The minimum absolute atomic E-state index is 0.154. The summed E-state index contributed by atoms with van der Waals surface area (Å²) in [5.41, 5.74) is 18.0. The fourth-order valence-electron chi connectivity index (χ4n) is 9.82. The van der Waals surface area contributed by atoms with Crippen molar-refractivity contribution in [3.05, 3.63) is 128 Å². The molecule has 0 spiro atoms. The van der Waals surface area contributed by atoms with Crippen molar-refractivity contribution in [2.24, 2.45) is 0 Å². The van der Waals surface area contributed by atoms with E-state index in [1.54, 1.807) is 11.1 Å². The van der Waals surface area contributed by atoms with Crippen molar-refractivity contribution in [1.29, 1.82) is 0 Å². The van der Waals surface area contributed by atoms with Crippen LogP contribution in [0, 0.1) is 13.8 Å². The zero-order valence-electron chi connectivity index (χ0n) is 31.7. The SMILES string of the molecule is CCC[Si]1(C)C2=Cc3c(-c4ccc(C(C)(C)C)cc4C)cccc3[CH]2[Hf]([CH3])([CH3])[CH]2C1=Cc1c(-c3ccc(C(C)(C)C)cc3C)cccc12. The van der Waals surface area contributed by atoms with Crippen LogP contribution >= 0.6 is 0 Å². The van der Waals surface area contributed by atoms with E-state index in [-0.39, 0.29) is 10.8 Å². The molecule has 4 aromatic rings. The molecule has 4 aromatic carbocycles. The van der Waals surface area contributed by atoms with E-state index in [0.717, 1.165) is 0 Å². The Morgan fingerprint density at radius 3 is 1.38 bits per heavy atom. The first-order chi connectivity index (χ1) is 22.5. The molecule has 0 N–H and O–H groups in total. The van der Waals surface area contributed by atoms with Crippen LogP contribution in [0.15, 0.2) is 83.2 Å². The van der Waals surface area contributed by atoms with Gasteiger partial charge in [-0.05, 0) is 0 Å². The Morgan fingerprint density at radius 1 is 0.604 bits per heavy atom. The molecule has 248 valence electrons. The number of allylic oxidation sites excluding steroid dienone is 2. The minimum atomic E-state index is -3.10. The van der Waals surface area contributed by atoms with Crippen molar-refractivity contribution in [3.63, 3.8) is 0 Å². The summed E-state index contributed by atoms with van der Waals surface area (Å²) < 4.78 is 6.93. The zero-order valence-corrected chi connectivity index (χ0v) is 36.2. The molecule has 2 atom stereocenters. The van der Waals surface area contributed by atoms with E-state index >= 15 is 0 Å². The van der Waals surface area contributed by atoms with Crippen molar-refractivity contribution in [1.82, 2.24) is 0 Å². The molecule has 1 saturated heterocycles. The van der Waals surface area contributed by atoms with Gasteiger partial charge in [-0.1, -0.05) is 0 Å². The van der Waals surface area contributed by atoms with E-state index in [4.69, 9.17) is 0 Å². The molecule has 48 heavy (non-hydrogen) atoms. The van der Waals surface area contributed by atoms with Crippen molar-refractivity contribution in [3.8, 4) is 22.3 Å². The molecule has 3 aliphatic rings. The Hall–Kier alpha value is -2.55. The van der Waals surface area contributed by atoms with Crippen LogP contribution in [0.4, 0.5) is 0 Å². The summed E-state index contributed by atoms with van der Waals surface area (Å²) >= 11 is -3.10. The summed E-state index contributed by atoms with van der Waals surface area (Å²) in [5.74, 6) is 0. The van der Waals surface area contributed by atoms with Crippen molar-refractivity contribution >= 4 is 20.2 Å². The first-order valence-electron chi connectivity index (χ1n) is 18.4. The van der Waals surface area contributed by atoms with Crippen LogP contribution in [0.5, 0.6) is 0 Å². The number of benzene rings is 4. The standard InChI is InChI=1S/C44H50Si.2CH3.Hf/c1-11-22-45(10,35-25-31-14-12-16-39(41(31)27-35)37-20-18-33(23-29(37)2)43(4,5)6)36-26-32-15-13-17-40(42(32)28-36)38-21-19-34(24-30(38)3)44(7,8)9;;;/h12-21,23-28H,11,22H2,1-10H3;2*1H3;. The third-order valence-electron chi connectivity index (χ3n) is 12.4. The van der Waals surface area contributed by atoms with Gasteiger partial charge in [-0.3, -0.25) is 0 Å². The Balaban J connectivity index is 1.40. The van der Waals surface area contributed by atoms with Gasteiger partial charge < -0.3 is 0 Å². The molecule has 2 aliphatic carbocycles. The Morgan fingerprint density at radius 2 is 1.02 bits per heavy atom. The second-order valence-electron chi connectivity index (χ2n) is 18.1. The van der Waals surface area contributed by atoms with Gasteiger partial charge in [0, 0.05) is 0 Å². The average molecular weight is 816 g/mol. The van der Waals surface area contributed by atoms with Crippen molar-refractivity contribution in [2.45, 2.75) is 109 Å². The molecule has 0 bridgehead atoms. The summed E-state index contributed by atoms with van der Waals surface area (Å²) in [4.78, 5) is 0. The van der Waals surface area contributed by atoms with E-state index < -0.39 is 28.0 Å². The van der Waals surface area contributed by atoms with E-state index in [9.17, 15) is 0 Å². The topological polar surface area (TPSA) is 0 Å². The van der Waals surface area contributed by atoms with Gasteiger partial charge in [0.1, 0.15) is 0 Å². The van der Waals surface area contributed by atoms with E-state index in [1.807, 2.05) is 10.4 Å². The summed E-state index contributed by atoms with van der Waals surface area (Å²) in [6, 6.07) is 30.4. The molecule has 0 amide bonds. The molecular formula is C46H56HfSi. The third kappa shape index (κ3) is 5.14. The molecular weight excluding hydrogens is 759 g/mol. The normalized spacial score (nSPS) is 22.4. The molecule has 0 radical (unpaired) electrons. The van der Waals surface area contributed by atoms with Crippen LogP contribution in [-0.2, 0) is 30.8 Å². The van der Waals surface area contributed by atoms with Gasteiger partial charge in [-0.2, -0.15) is 0 Å². The number of fused-ring (bicyclic) bond motifs is 6. The quantitative estimate of drug-likeness (QED) is 0.180. The number of hydrogen-bond acceptors (Lipinski definition) is 0. The fraction of sp³-hybridized carbons (Fsp3) is 0.391. The first-order valence-corrected chi connectivity index (χ1v) is 32.5. The van der Waals surface area contributed by atoms with Gasteiger partial charge >= 0.3 is 299 Å². The average Bonchev–Trinajstić information content (AvgIpc) is 3.61. The number of rotatable bonds is 4. The molecule has 2 unspecified atom stereocenters. The van der Waals surface area contributed by atoms with Crippen LogP contribution in [0.25, 0.3) is 34.4 Å². The Labute approximate surface area is 297 Å². The predicted molar refractivity (Wildman–Crippen MR) is 211 cm³/mol. The van der Waals surface area contributed by atoms with Crippen LogP contribution in [0.3, 0.4) is 0 Å². The number of hydrogen-bond donors (Lipinski definition) is 0. The molecule has 1 aliphatic heterocycles. The molecule has 1 heterocycles. The van der Waals surface area contributed by atoms with E-state index in [1.165, 1.54) is 68.1 Å². The maximum absolute atomic E-state index is 3.10. The van der Waals surface area contributed by atoms with Gasteiger partial charge in [0.2, 0.25) is 0 Å². The summed E-state index contributed by atoms with van der Waals surface area (Å²) in [5, 5.41) is 3.73. The van der Waals surface area contributed by atoms with Crippen LogP contribution in [-0.4, -0.2) is 8.07 Å². The first kappa shape index (κ1) is 33.9. The van der Waals surface area contributed by atoms with Crippen LogP contribution < -0.4 is 0 Å². The van der Waals surface area contributed by atoms with Crippen LogP contribution in [0.2, 0.25) is 22.0 Å². The molecule has 2 heteroatoms. The summed E-state index contributed by atoms with van der Waals surface area (Å²) in [6.45, 7) is 23.7. The third-order valence-corrected chi connectivity index (χ3v) is 34.6. The summed E-state index contributed by atoms with van der Waals surface area (Å²) in [7, 11) is -1.95. The molecule has 0 saturated carbocycles. The zero-order chi connectivity index (χ0) is 34.6. The molecule has 7 rings (SSSR count). The van der Waals surface area contributed by atoms with E-state index in [2.05, 4.69) is 163 Å². The van der Waals surface area contributed by atoms with Crippen LogP contribution in [0.1, 0.15) is 107 Å². The second-order valence-corrected chi connectivity index (χ2v) is 39.7. The van der Waals surface area contributed by atoms with Crippen molar-refractivity contribution < 1.29 is 20.0 Å². The van der Waals surface area contributed by atoms with Gasteiger partial charge in [0.05, 0.1) is 0 Å². The Bertz CT molecular complexity index is 1880. The van der Waals surface area contributed by atoms with Gasteiger partial charge in [-0.15, -0.1) is 0 Å². The maximum atomic E-state index is 2.81. The molecule has 0 aromatic heterocycles. The number of aryl methyl sites for hydroxylation is 2. The van der Waals surface area contributed by atoms with Gasteiger partial charge in [0.15, 0.2) is 0 Å². The van der Waals surface area contributed by atoms with Gasteiger partial charge in [0.25, 0.3) is 0 Å². The monoisotopic (exact) mass is 816 g/mol. The molecule has 0 nitrogen and oxygen atoms in total. The predicted octanol–water partition coefficient (Wildman–Crippen LogP) is 13.6. The van der Waals surface area contributed by atoms with Crippen molar-refractivity contribution in [2.75, 3.05) is 0 Å². The second kappa shape index (κ2) is 11.5. The van der Waals surface area contributed by atoms with Gasteiger partial charge in [-0.25, -0.2) is 0 Å². The summed E-state index contributed by atoms with van der Waals surface area (Å²) in [6.07, 6.45) is 6.76. The van der Waals surface area contributed by atoms with E-state index in [0.29, 0.717) is 7.35 Å². The fourth-order valence-corrected chi connectivity index (χ4v) is 42.3.